The first kappa shape index (κ1) is 19.7. The second kappa shape index (κ2) is 6.28. The Balaban J connectivity index is 2.73. The van der Waals surface area contributed by atoms with E-state index in [0.29, 0.717) is 0 Å². The summed E-state index contributed by atoms with van der Waals surface area (Å²) in [4.78, 5) is 0.841. The van der Waals surface area contributed by atoms with Gasteiger partial charge >= 0.3 is 18.5 Å². The molecule has 10 heteroatoms. The van der Waals surface area contributed by atoms with Crippen LogP contribution in [0.15, 0.2) is 12.1 Å². The summed E-state index contributed by atoms with van der Waals surface area (Å²) in [5.41, 5.74) is -7.10. The molecule has 0 spiro atoms. The van der Waals surface area contributed by atoms with Gasteiger partial charge in [-0.2, -0.15) is 39.5 Å². The van der Waals surface area contributed by atoms with Crippen LogP contribution >= 0.6 is 0 Å². The number of piperidine rings is 1. The number of halogens is 9. The fourth-order valence-electron chi connectivity index (χ4n) is 2.73. The number of hydrogen-bond acceptors (Lipinski definition) is 1. The molecule has 1 heterocycles. The lowest BCUT2D eigenvalue weighted by Gasteiger charge is -2.35. The number of hydrogen-bond donors (Lipinski definition) is 0. The second-order valence-electron chi connectivity index (χ2n) is 5.84. The Morgan fingerprint density at radius 2 is 1.16 bits per heavy atom. The average molecular weight is 378 g/mol. The first-order valence-electron chi connectivity index (χ1n) is 7.19. The summed E-state index contributed by atoms with van der Waals surface area (Å²) in [6, 6.07) is -0.526. The number of benzene rings is 1. The van der Waals surface area contributed by atoms with Crippen LogP contribution in [0.2, 0.25) is 0 Å². The van der Waals surface area contributed by atoms with Gasteiger partial charge in [-0.25, -0.2) is 0 Å². The largest absolute Gasteiger partial charge is 0.418 e. The van der Waals surface area contributed by atoms with Crippen LogP contribution in [0.3, 0.4) is 0 Å². The maximum Gasteiger partial charge on any atom is 0.418 e. The van der Waals surface area contributed by atoms with Gasteiger partial charge in [0.2, 0.25) is 0 Å². The molecule has 0 amide bonds. The van der Waals surface area contributed by atoms with Crippen LogP contribution in [0.1, 0.15) is 29.5 Å². The Labute approximate surface area is 137 Å². The standard InChI is InChI=1S/C15H13F9N/c1-8-2-4-25(5-3-8)12-10(14(19,20)21)6-9(13(16,17)18)7-11(12)15(22,23)24/h6-8H,1-5H2. The molecule has 1 nitrogen and oxygen atoms in total. The van der Waals surface area contributed by atoms with Gasteiger partial charge in [0.05, 0.1) is 22.4 Å². The fourth-order valence-corrected chi connectivity index (χ4v) is 2.73. The second-order valence-corrected chi connectivity index (χ2v) is 5.84. The highest BCUT2D eigenvalue weighted by Crippen LogP contribution is 2.48. The molecule has 1 aliphatic rings. The summed E-state index contributed by atoms with van der Waals surface area (Å²) in [5, 5.41) is 0. The minimum Gasteiger partial charge on any atom is -0.371 e. The molecule has 1 saturated heterocycles. The highest BCUT2D eigenvalue weighted by Gasteiger charge is 2.46. The van der Waals surface area contributed by atoms with Gasteiger partial charge < -0.3 is 4.90 Å². The molecule has 141 valence electrons. The SMILES string of the molecule is [CH2]C1CCN(c2c(C(F)(F)F)cc(C(F)(F)F)cc2C(F)(F)F)CC1. The molecule has 0 saturated carbocycles. The van der Waals surface area contributed by atoms with Crippen LogP contribution in [-0.2, 0) is 18.5 Å². The summed E-state index contributed by atoms with van der Waals surface area (Å²) in [6.45, 7) is 3.40. The van der Waals surface area contributed by atoms with E-state index < -0.39 is 40.9 Å². The summed E-state index contributed by atoms with van der Waals surface area (Å²) in [7, 11) is 0. The molecule has 0 unspecified atom stereocenters. The first-order valence-corrected chi connectivity index (χ1v) is 7.19. The Morgan fingerprint density at radius 3 is 1.48 bits per heavy atom. The average Bonchev–Trinajstić information content (AvgIpc) is 2.44. The van der Waals surface area contributed by atoms with Crippen molar-refractivity contribution >= 4 is 5.69 Å². The van der Waals surface area contributed by atoms with Crippen LogP contribution in [0.25, 0.3) is 0 Å². The van der Waals surface area contributed by atoms with Gasteiger partial charge in [-0.05, 0) is 30.9 Å². The molecule has 2 rings (SSSR count). The molecule has 1 fully saturated rings. The van der Waals surface area contributed by atoms with E-state index >= 15 is 0 Å². The highest BCUT2D eigenvalue weighted by molar-refractivity contribution is 5.64. The lowest BCUT2D eigenvalue weighted by molar-refractivity contribution is -0.147. The topological polar surface area (TPSA) is 3.24 Å². The molecule has 1 aromatic rings. The third-order valence-corrected chi connectivity index (χ3v) is 3.98. The van der Waals surface area contributed by atoms with E-state index in [1.54, 1.807) is 0 Å². The van der Waals surface area contributed by atoms with E-state index in [4.69, 9.17) is 0 Å². The summed E-state index contributed by atoms with van der Waals surface area (Å²) in [5.74, 6) is -0.130. The van der Waals surface area contributed by atoms with Crippen molar-refractivity contribution in [2.24, 2.45) is 5.92 Å². The van der Waals surface area contributed by atoms with E-state index in [9.17, 15) is 39.5 Å². The van der Waals surface area contributed by atoms with Crippen molar-refractivity contribution in [2.75, 3.05) is 18.0 Å². The zero-order valence-electron chi connectivity index (χ0n) is 12.6. The van der Waals surface area contributed by atoms with Crippen molar-refractivity contribution in [3.63, 3.8) is 0 Å². The van der Waals surface area contributed by atoms with E-state index in [-0.39, 0.29) is 44.0 Å². The molecule has 1 radical (unpaired) electrons. The smallest absolute Gasteiger partial charge is 0.371 e. The van der Waals surface area contributed by atoms with Gasteiger partial charge in [-0.1, -0.05) is 6.92 Å². The third-order valence-electron chi connectivity index (χ3n) is 3.98. The molecular formula is C15H13F9N. The zero-order valence-corrected chi connectivity index (χ0v) is 12.6. The number of alkyl halides is 9. The van der Waals surface area contributed by atoms with Gasteiger partial charge in [0.1, 0.15) is 0 Å². The minimum atomic E-state index is -5.36. The monoisotopic (exact) mass is 378 g/mol. The van der Waals surface area contributed by atoms with Crippen LogP contribution < -0.4 is 4.90 Å². The van der Waals surface area contributed by atoms with Gasteiger partial charge in [-0.15, -0.1) is 0 Å². The van der Waals surface area contributed by atoms with Crippen LogP contribution in [-0.4, -0.2) is 13.1 Å². The maximum atomic E-state index is 13.2. The summed E-state index contributed by atoms with van der Waals surface area (Å²) in [6.07, 6.45) is -15.6. The Hall–Kier alpha value is -1.61. The maximum absolute atomic E-state index is 13.2. The number of anilines is 1. The van der Waals surface area contributed by atoms with Crippen molar-refractivity contribution in [2.45, 2.75) is 31.4 Å². The van der Waals surface area contributed by atoms with Gasteiger partial charge in [0.25, 0.3) is 0 Å². The Kier molecular flexibility index (Phi) is 4.95. The van der Waals surface area contributed by atoms with Gasteiger partial charge in [0, 0.05) is 13.1 Å². The normalized spacial score (nSPS) is 17.9. The third kappa shape index (κ3) is 4.33. The van der Waals surface area contributed by atoms with E-state index in [1.807, 2.05) is 0 Å². The minimum absolute atomic E-state index is 0.130. The van der Waals surface area contributed by atoms with E-state index in [2.05, 4.69) is 6.92 Å². The van der Waals surface area contributed by atoms with Gasteiger partial charge in [0.15, 0.2) is 0 Å². The van der Waals surface area contributed by atoms with E-state index in [1.165, 1.54) is 0 Å². The Morgan fingerprint density at radius 1 is 0.760 bits per heavy atom. The number of rotatable bonds is 1. The molecule has 0 N–H and O–H groups in total. The Bertz CT molecular complexity index is 584. The van der Waals surface area contributed by atoms with Crippen molar-refractivity contribution in [3.8, 4) is 0 Å². The molecule has 0 aromatic heterocycles. The van der Waals surface area contributed by atoms with Crippen LogP contribution in [0, 0.1) is 12.8 Å². The van der Waals surface area contributed by atoms with Crippen LogP contribution in [0.4, 0.5) is 45.2 Å². The van der Waals surface area contributed by atoms with Crippen molar-refractivity contribution in [1.82, 2.24) is 0 Å². The molecule has 0 aliphatic carbocycles. The first-order chi connectivity index (χ1) is 11.2. The van der Waals surface area contributed by atoms with E-state index in [0.717, 1.165) is 4.90 Å². The van der Waals surface area contributed by atoms with Gasteiger partial charge in [-0.3, -0.25) is 0 Å². The molecule has 1 aromatic carbocycles. The molecule has 0 bridgehead atoms. The predicted molar refractivity (Wildman–Crippen MR) is 71.7 cm³/mol. The van der Waals surface area contributed by atoms with Crippen molar-refractivity contribution in [1.29, 1.82) is 0 Å². The van der Waals surface area contributed by atoms with Crippen molar-refractivity contribution in [3.05, 3.63) is 35.7 Å². The highest BCUT2D eigenvalue weighted by atomic mass is 19.4. The lowest BCUT2D eigenvalue weighted by atomic mass is 9.95. The summed E-state index contributed by atoms with van der Waals surface area (Å²) >= 11 is 0. The fraction of sp³-hybridized carbons (Fsp3) is 0.533. The van der Waals surface area contributed by atoms with Crippen LogP contribution in [0.5, 0.6) is 0 Å². The molecule has 25 heavy (non-hydrogen) atoms. The predicted octanol–water partition coefficient (Wildman–Crippen LogP) is 5.79. The van der Waals surface area contributed by atoms with Crippen molar-refractivity contribution < 1.29 is 39.5 Å². The molecule has 0 atom stereocenters. The quantitative estimate of drug-likeness (QED) is 0.559. The molecular weight excluding hydrogens is 365 g/mol. The lowest BCUT2D eigenvalue weighted by Crippen LogP contribution is -2.36. The zero-order chi connectivity index (χ0) is 19.2. The molecule has 1 aliphatic heterocycles. The summed E-state index contributed by atoms with van der Waals surface area (Å²) < 4.78 is 118. The number of nitrogens with zero attached hydrogens (tertiary/aromatic N) is 1.